The fraction of sp³-hybridized carbons (Fsp3) is 0.111. The number of hydrogen-bond donors (Lipinski definition) is 3. The van der Waals surface area contributed by atoms with Gasteiger partial charge in [-0.1, -0.05) is 48.2 Å². The molecule has 0 radical (unpaired) electrons. The summed E-state index contributed by atoms with van der Waals surface area (Å²) in [7, 11) is 0. The van der Waals surface area contributed by atoms with Gasteiger partial charge in [-0.15, -0.1) is 5.10 Å². The lowest BCUT2D eigenvalue weighted by Gasteiger charge is -2.03. The second kappa shape index (κ2) is 8.95. The molecule has 3 aromatic rings. The molecule has 138 valence electrons. The van der Waals surface area contributed by atoms with Crippen LogP contribution >= 0.6 is 11.8 Å². The Morgan fingerprint density at radius 1 is 1.22 bits per heavy atom. The fourth-order valence-corrected chi connectivity index (χ4v) is 2.73. The molecular weight excluding hydrogens is 367 g/mol. The van der Waals surface area contributed by atoms with Crippen molar-refractivity contribution in [3.63, 3.8) is 0 Å². The third-order valence-corrected chi connectivity index (χ3v) is 4.27. The van der Waals surface area contributed by atoms with E-state index in [9.17, 15) is 9.18 Å². The van der Waals surface area contributed by atoms with Gasteiger partial charge in [0, 0.05) is 5.69 Å². The van der Waals surface area contributed by atoms with E-state index >= 15 is 0 Å². The molecule has 0 unspecified atom stereocenters. The topological polar surface area (TPSA) is 95.1 Å². The number of carbonyl (C=O) groups is 1. The van der Waals surface area contributed by atoms with Crippen molar-refractivity contribution in [3.05, 3.63) is 66.0 Å². The number of aromatic nitrogens is 3. The molecule has 1 amide bonds. The first-order chi connectivity index (χ1) is 13.1. The Kier molecular flexibility index (Phi) is 6.16. The Labute approximate surface area is 159 Å². The van der Waals surface area contributed by atoms with E-state index in [1.807, 2.05) is 37.3 Å². The van der Waals surface area contributed by atoms with E-state index in [4.69, 9.17) is 0 Å². The van der Waals surface area contributed by atoms with E-state index in [2.05, 4.69) is 31.0 Å². The highest BCUT2D eigenvalue weighted by Crippen LogP contribution is 2.15. The third kappa shape index (κ3) is 5.65. The minimum absolute atomic E-state index is 0.0973. The summed E-state index contributed by atoms with van der Waals surface area (Å²) in [6.07, 6.45) is 0. The molecule has 27 heavy (non-hydrogen) atoms. The maximum atomic E-state index is 13.1. The molecule has 9 heteroatoms. The lowest BCUT2D eigenvalue weighted by Crippen LogP contribution is -2.14. The second-order valence-corrected chi connectivity index (χ2v) is 6.43. The van der Waals surface area contributed by atoms with Crippen LogP contribution in [0, 0.1) is 5.82 Å². The Balaban J connectivity index is 1.50. The Hall–Kier alpha value is -3.20. The predicted octanol–water partition coefficient (Wildman–Crippen LogP) is 3.51. The number of hydrazone groups is 1. The van der Waals surface area contributed by atoms with Gasteiger partial charge in [-0.3, -0.25) is 4.79 Å². The summed E-state index contributed by atoms with van der Waals surface area (Å²) in [5, 5.41) is 14.0. The van der Waals surface area contributed by atoms with Crippen LogP contribution in [0.1, 0.15) is 12.5 Å². The van der Waals surface area contributed by atoms with E-state index in [0.717, 1.165) is 23.0 Å². The summed E-state index contributed by atoms with van der Waals surface area (Å²) in [5.74, 6) is -0.210. The van der Waals surface area contributed by atoms with Gasteiger partial charge in [-0.2, -0.15) is 10.1 Å². The van der Waals surface area contributed by atoms with E-state index < -0.39 is 5.82 Å². The van der Waals surface area contributed by atoms with Crippen molar-refractivity contribution in [1.29, 1.82) is 0 Å². The summed E-state index contributed by atoms with van der Waals surface area (Å²) in [5.41, 5.74) is 5.00. The third-order valence-electron chi connectivity index (χ3n) is 3.43. The van der Waals surface area contributed by atoms with Gasteiger partial charge in [-0.25, -0.2) is 14.9 Å². The SMILES string of the molecule is C/C(=N\Nc1nc(SCC(=O)Nc2cccc(F)c2)n[nH]1)c1ccccc1. The number of aromatic amines is 1. The number of amides is 1. The number of carbonyl (C=O) groups excluding carboxylic acids is 1. The number of benzene rings is 2. The molecule has 0 saturated heterocycles. The zero-order valence-corrected chi connectivity index (χ0v) is 15.3. The Morgan fingerprint density at radius 2 is 2.04 bits per heavy atom. The first kappa shape index (κ1) is 18.6. The van der Waals surface area contributed by atoms with Crippen molar-refractivity contribution < 1.29 is 9.18 Å². The molecule has 0 aliphatic rings. The van der Waals surface area contributed by atoms with Crippen LogP contribution in [0.5, 0.6) is 0 Å². The van der Waals surface area contributed by atoms with E-state index in [0.29, 0.717) is 16.8 Å². The molecule has 0 fully saturated rings. The van der Waals surface area contributed by atoms with Crippen LogP contribution in [0.25, 0.3) is 0 Å². The Morgan fingerprint density at radius 3 is 2.81 bits per heavy atom. The molecule has 3 N–H and O–H groups in total. The van der Waals surface area contributed by atoms with Gasteiger partial charge in [0.15, 0.2) is 0 Å². The standard InChI is InChI=1S/C18H17FN6OS/c1-12(13-6-3-2-4-7-13)22-23-17-21-18(25-24-17)27-11-16(26)20-15-9-5-8-14(19)10-15/h2-10H,11H2,1H3,(H,20,26)(H2,21,23,24,25)/b22-12+. The normalized spacial score (nSPS) is 11.3. The number of rotatable bonds is 7. The summed E-state index contributed by atoms with van der Waals surface area (Å²) in [6.45, 7) is 1.88. The Bertz CT molecular complexity index is 944. The van der Waals surface area contributed by atoms with E-state index in [1.165, 1.54) is 18.2 Å². The van der Waals surface area contributed by atoms with Gasteiger partial charge >= 0.3 is 0 Å². The number of halogens is 1. The fourth-order valence-electron chi connectivity index (χ4n) is 2.14. The molecule has 7 nitrogen and oxygen atoms in total. The predicted molar refractivity (Wildman–Crippen MR) is 104 cm³/mol. The number of nitrogens with one attached hydrogen (secondary N) is 3. The molecule has 0 atom stereocenters. The molecule has 2 aromatic carbocycles. The van der Waals surface area contributed by atoms with E-state index in [1.54, 1.807) is 6.07 Å². The van der Waals surface area contributed by atoms with Crippen molar-refractivity contribution in [1.82, 2.24) is 15.2 Å². The van der Waals surface area contributed by atoms with Crippen molar-refractivity contribution in [3.8, 4) is 0 Å². The highest BCUT2D eigenvalue weighted by atomic mass is 32.2. The summed E-state index contributed by atoms with van der Waals surface area (Å²) in [4.78, 5) is 16.1. The van der Waals surface area contributed by atoms with Gasteiger partial charge in [0.25, 0.3) is 0 Å². The average Bonchev–Trinajstić information content (AvgIpc) is 3.13. The minimum Gasteiger partial charge on any atom is -0.325 e. The molecule has 0 spiro atoms. The van der Waals surface area contributed by atoms with Gasteiger partial charge in [0.1, 0.15) is 5.82 Å². The lowest BCUT2D eigenvalue weighted by molar-refractivity contribution is -0.113. The lowest BCUT2D eigenvalue weighted by atomic mass is 10.1. The van der Waals surface area contributed by atoms with Crippen LogP contribution in [-0.2, 0) is 4.79 Å². The largest absolute Gasteiger partial charge is 0.325 e. The number of thioether (sulfide) groups is 1. The van der Waals surface area contributed by atoms with Crippen LogP contribution in [0.4, 0.5) is 16.0 Å². The first-order valence-corrected chi connectivity index (χ1v) is 9.05. The number of nitrogens with zero attached hydrogens (tertiary/aromatic N) is 3. The van der Waals surface area contributed by atoms with Gasteiger partial charge in [-0.05, 0) is 30.7 Å². The molecule has 0 bridgehead atoms. The molecule has 1 heterocycles. The minimum atomic E-state index is -0.406. The van der Waals surface area contributed by atoms with Gasteiger partial charge in [0.2, 0.25) is 17.0 Å². The van der Waals surface area contributed by atoms with Crippen LogP contribution in [0.2, 0.25) is 0 Å². The van der Waals surface area contributed by atoms with Crippen molar-refractivity contribution in [2.45, 2.75) is 12.1 Å². The smallest absolute Gasteiger partial charge is 0.240 e. The zero-order chi connectivity index (χ0) is 19.1. The molecule has 0 aliphatic carbocycles. The molecular formula is C18H17FN6OS. The van der Waals surface area contributed by atoms with Crippen LogP contribution < -0.4 is 10.7 Å². The maximum absolute atomic E-state index is 13.1. The van der Waals surface area contributed by atoms with Crippen LogP contribution in [0.15, 0.2) is 64.9 Å². The van der Waals surface area contributed by atoms with Crippen LogP contribution in [-0.4, -0.2) is 32.6 Å². The first-order valence-electron chi connectivity index (χ1n) is 8.06. The molecule has 0 aliphatic heterocycles. The molecule has 3 rings (SSSR count). The second-order valence-electron chi connectivity index (χ2n) is 5.49. The van der Waals surface area contributed by atoms with Gasteiger partial charge in [0.05, 0.1) is 11.5 Å². The summed E-state index contributed by atoms with van der Waals surface area (Å²) in [6, 6.07) is 15.4. The van der Waals surface area contributed by atoms with Gasteiger partial charge < -0.3 is 5.32 Å². The molecule has 1 aromatic heterocycles. The molecule has 0 saturated carbocycles. The van der Waals surface area contributed by atoms with Crippen molar-refractivity contribution >= 4 is 35.0 Å². The number of hydrogen-bond acceptors (Lipinski definition) is 6. The summed E-state index contributed by atoms with van der Waals surface area (Å²) < 4.78 is 13.1. The quantitative estimate of drug-likeness (QED) is 0.329. The number of H-pyrrole nitrogens is 1. The number of anilines is 2. The monoisotopic (exact) mass is 384 g/mol. The van der Waals surface area contributed by atoms with Crippen molar-refractivity contribution in [2.24, 2.45) is 5.10 Å². The average molecular weight is 384 g/mol. The highest BCUT2D eigenvalue weighted by molar-refractivity contribution is 7.99. The van der Waals surface area contributed by atoms with Crippen molar-refractivity contribution in [2.75, 3.05) is 16.5 Å². The summed E-state index contributed by atoms with van der Waals surface area (Å²) >= 11 is 1.16. The van der Waals surface area contributed by atoms with E-state index in [-0.39, 0.29) is 11.7 Å². The highest BCUT2D eigenvalue weighted by Gasteiger charge is 2.08. The maximum Gasteiger partial charge on any atom is 0.240 e. The zero-order valence-electron chi connectivity index (χ0n) is 14.4. The van der Waals surface area contributed by atoms with Crippen LogP contribution in [0.3, 0.4) is 0 Å².